The summed E-state index contributed by atoms with van der Waals surface area (Å²) >= 11 is 0. The quantitative estimate of drug-likeness (QED) is 0.415. The Morgan fingerprint density at radius 2 is 1.94 bits per heavy atom. The van der Waals surface area contributed by atoms with Crippen LogP contribution in [0.3, 0.4) is 0 Å². The van der Waals surface area contributed by atoms with E-state index in [0.717, 1.165) is 10.8 Å². The molecule has 9 nitrogen and oxygen atoms in total. The number of ether oxygens (including phenoxy) is 1. The van der Waals surface area contributed by atoms with Crippen LogP contribution in [0.4, 0.5) is 5.82 Å². The summed E-state index contributed by atoms with van der Waals surface area (Å²) in [4.78, 5) is 31.6. The number of carbonyl (C=O) groups is 1. The maximum Gasteiger partial charge on any atom is 0.263 e. The Morgan fingerprint density at radius 3 is 2.73 bits per heavy atom. The van der Waals surface area contributed by atoms with Gasteiger partial charge in [0.2, 0.25) is 5.95 Å². The van der Waals surface area contributed by atoms with Gasteiger partial charge < -0.3 is 14.5 Å². The number of aromatic nitrogens is 4. The van der Waals surface area contributed by atoms with Crippen LogP contribution >= 0.6 is 0 Å². The van der Waals surface area contributed by atoms with Gasteiger partial charge in [-0.3, -0.25) is 14.6 Å². The van der Waals surface area contributed by atoms with Crippen molar-refractivity contribution < 1.29 is 13.9 Å². The first-order valence-electron chi connectivity index (χ1n) is 10.2. The minimum atomic E-state index is -0.398. The summed E-state index contributed by atoms with van der Waals surface area (Å²) in [6.45, 7) is 1.49. The van der Waals surface area contributed by atoms with E-state index in [-0.39, 0.29) is 18.1 Å². The second-order valence-corrected chi connectivity index (χ2v) is 7.36. The number of rotatable bonds is 6. The zero-order valence-corrected chi connectivity index (χ0v) is 17.6. The van der Waals surface area contributed by atoms with Gasteiger partial charge in [0.05, 0.1) is 6.26 Å². The molecule has 0 saturated heterocycles. The first-order valence-corrected chi connectivity index (χ1v) is 10.2. The number of nitrogens with zero attached hydrogens (tertiary/aromatic N) is 3. The van der Waals surface area contributed by atoms with Gasteiger partial charge in [-0.2, -0.15) is 9.78 Å². The van der Waals surface area contributed by atoms with Crippen LogP contribution in [0.25, 0.3) is 28.2 Å². The Bertz CT molecular complexity index is 1500. The second-order valence-electron chi connectivity index (χ2n) is 7.36. The summed E-state index contributed by atoms with van der Waals surface area (Å²) in [5.41, 5.74) is 0.653. The van der Waals surface area contributed by atoms with Gasteiger partial charge in [0, 0.05) is 17.8 Å². The van der Waals surface area contributed by atoms with Gasteiger partial charge >= 0.3 is 0 Å². The summed E-state index contributed by atoms with van der Waals surface area (Å²) in [5, 5.41) is 9.32. The van der Waals surface area contributed by atoms with Crippen molar-refractivity contribution in [3.8, 4) is 23.2 Å². The third-order valence-corrected chi connectivity index (χ3v) is 4.90. The van der Waals surface area contributed by atoms with Crippen molar-refractivity contribution in [1.29, 1.82) is 0 Å². The van der Waals surface area contributed by atoms with E-state index in [4.69, 9.17) is 9.15 Å². The van der Waals surface area contributed by atoms with Crippen LogP contribution in [0.5, 0.6) is 5.75 Å². The van der Waals surface area contributed by atoms with E-state index in [9.17, 15) is 9.59 Å². The van der Waals surface area contributed by atoms with Crippen molar-refractivity contribution in [2.75, 3.05) is 11.9 Å². The lowest BCUT2D eigenvalue weighted by molar-refractivity contribution is -0.118. The van der Waals surface area contributed by atoms with Gasteiger partial charge in [0.15, 0.2) is 12.4 Å². The Morgan fingerprint density at radius 1 is 1.09 bits per heavy atom. The minimum Gasteiger partial charge on any atom is -0.484 e. The molecule has 0 aliphatic rings. The molecule has 3 aromatic heterocycles. The van der Waals surface area contributed by atoms with E-state index in [1.54, 1.807) is 25.1 Å². The molecule has 0 spiro atoms. The first-order chi connectivity index (χ1) is 16.0. The minimum absolute atomic E-state index is 0.170. The molecule has 1 amide bonds. The van der Waals surface area contributed by atoms with Gasteiger partial charge in [-0.1, -0.05) is 30.3 Å². The van der Waals surface area contributed by atoms with Gasteiger partial charge in [-0.25, -0.2) is 4.98 Å². The number of nitrogens with one attached hydrogen (secondary N) is 2. The van der Waals surface area contributed by atoms with Gasteiger partial charge in [-0.15, -0.1) is 0 Å². The molecule has 33 heavy (non-hydrogen) atoms. The summed E-state index contributed by atoms with van der Waals surface area (Å²) in [6, 6.07) is 20.0. The maximum absolute atomic E-state index is 12.7. The van der Waals surface area contributed by atoms with Gasteiger partial charge in [0.25, 0.3) is 11.5 Å². The third-order valence-electron chi connectivity index (χ3n) is 4.90. The Kier molecular flexibility index (Phi) is 5.19. The zero-order valence-electron chi connectivity index (χ0n) is 17.6. The molecular formula is C24H19N5O4. The number of anilines is 1. The van der Waals surface area contributed by atoms with E-state index >= 15 is 0 Å². The van der Waals surface area contributed by atoms with Crippen molar-refractivity contribution in [2.24, 2.45) is 0 Å². The smallest absolute Gasteiger partial charge is 0.263 e. The lowest BCUT2D eigenvalue weighted by atomic mass is 10.1. The number of hydrogen-bond donors (Lipinski definition) is 2. The topological polar surface area (TPSA) is 115 Å². The molecule has 0 radical (unpaired) electrons. The molecule has 164 valence electrons. The van der Waals surface area contributed by atoms with Gasteiger partial charge in [0.1, 0.15) is 17.3 Å². The SMILES string of the molecule is Cc1cc(=O)[nH]c(-n2nc(-c3ccco3)cc2NC(=O)COc2ccc3ccccc3c2)n1. The predicted molar refractivity (Wildman–Crippen MR) is 122 cm³/mol. The van der Waals surface area contributed by atoms with Crippen molar-refractivity contribution in [3.05, 3.63) is 89.0 Å². The number of amides is 1. The molecule has 0 atom stereocenters. The van der Waals surface area contributed by atoms with E-state index < -0.39 is 5.91 Å². The molecular weight excluding hydrogens is 422 g/mol. The van der Waals surface area contributed by atoms with Crippen LogP contribution < -0.4 is 15.6 Å². The van der Waals surface area contributed by atoms with Crippen molar-refractivity contribution in [3.63, 3.8) is 0 Å². The molecule has 0 bridgehead atoms. The molecule has 2 N–H and O–H groups in total. The largest absolute Gasteiger partial charge is 0.484 e. The molecule has 0 aliphatic carbocycles. The third kappa shape index (κ3) is 4.38. The fourth-order valence-corrected chi connectivity index (χ4v) is 3.42. The summed E-state index contributed by atoms with van der Waals surface area (Å²) in [6.07, 6.45) is 1.52. The first kappa shape index (κ1) is 20.3. The van der Waals surface area contributed by atoms with Crippen LogP contribution in [-0.4, -0.2) is 32.3 Å². The number of aromatic amines is 1. The highest BCUT2D eigenvalue weighted by Gasteiger charge is 2.17. The average Bonchev–Trinajstić information content (AvgIpc) is 3.47. The highest BCUT2D eigenvalue weighted by Crippen LogP contribution is 2.24. The fraction of sp³-hybridized carbons (Fsp3) is 0.0833. The number of hydrogen-bond acceptors (Lipinski definition) is 6. The number of carbonyl (C=O) groups excluding carboxylic acids is 1. The number of benzene rings is 2. The highest BCUT2D eigenvalue weighted by atomic mass is 16.5. The lowest BCUT2D eigenvalue weighted by Gasteiger charge is -2.10. The molecule has 9 heteroatoms. The summed E-state index contributed by atoms with van der Waals surface area (Å²) < 4.78 is 12.4. The number of fused-ring (bicyclic) bond motifs is 1. The van der Waals surface area contributed by atoms with E-state index in [1.807, 2.05) is 42.5 Å². The van der Waals surface area contributed by atoms with Gasteiger partial charge in [-0.05, 0) is 42.0 Å². The molecule has 3 heterocycles. The molecule has 5 rings (SSSR count). The average molecular weight is 441 g/mol. The van der Waals surface area contributed by atoms with Crippen LogP contribution in [-0.2, 0) is 4.79 Å². The molecule has 0 aliphatic heterocycles. The monoisotopic (exact) mass is 441 g/mol. The van der Waals surface area contributed by atoms with Crippen LogP contribution in [0.1, 0.15) is 5.69 Å². The van der Waals surface area contributed by atoms with Crippen molar-refractivity contribution in [1.82, 2.24) is 19.7 Å². The van der Waals surface area contributed by atoms with E-state index in [1.165, 1.54) is 17.0 Å². The Balaban J connectivity index is 1.39. The Hall–Kier alpha value is -4.66. The lowest BCUT2D eigenvalue weighted by Crippen LogP contribution is -2.23. The van der Waals surface area contributed by atoms with Crippen molar-refractivity contribution >= 4 is 22.5 Å². The summed E-state index contributed by atoms with van der Waals surface area (Å²) in [7, 11) is 0. The number of furan rings is 1. The van der Waals surface area contributed by atoms with Crippen LogP contribution in [0.2, 0.25) is 0 Å². The predicted octanol–water partition coefficient (Wildman–Crippen LogP) is 3.69. The molecule has 5 aromatic rings. The molecule has 0 fully saturated rings. The van der Waals surface area contributed by atoms with Crippen LogP contribution in [0.15, 0.2) is 82.2 Å². The van der Waals surface area contributed by atoms with E-state index in [2.05, 4.69) is 20.4 Å². The highest BCUT2D eigenvalue weighted by molar-refractivity contribution is 5.92. The zero-order chi connectivity index (χ0) is 22.8. The second kappa shape index (κ2) is 8.46. The molecule has 0 saturated carbocycles. The van der Waals surface area contributed by atoms with Crippen LogP contribution in [0, 0.1) is 6.92 Å². The maximum atomic E-state index is 12.7. The molecule has 0 unspecified atom stereocenters. The fourth-order valence-electron chi connectivity index (χ4n) is 3.42. The van der Waals surface area contributed by atoms with Crippen molar-refractivity contribution in [2.45, 2.75) is 6.92 Å². The normalized spacial score (nSPS) is 10.9. The number of aryl methyl sites for hydroxylation is 1. The molecule has 2 aromatic carbocycles. The standard InChI is InChI=1S/C24H19N5O4/c1-15-11-22(30)27-24(25-15)29-21(13-19(28-29)20-7-4-10-32-20)26-23(31)14-33-18-9-8-16-5-2-3-6-17(16)12-18/h2-13H,14H2,1H3,(H,26,31)(H,25,27,30). The Labute approximate surface area is 187 Å². The summed E-state index contributed by atoms with van der Waals surface area (Å²) in [5.74, 6) is 1.17. The van der Waals surface area contributed by atoms with E-state index in [0.29, 0.717) is 28.7 Å². The number of H-pyrrole nitrogens is 1.